The van der Waals surface area contributed by atoms with Gasteiger partial charge in [-0.3, -0.25) is 9.79 Å². The van der Waals surface area contributed by atoms with Crippen LogP contribution in [0.1, 0.15) is 45.2 Å². The molecule has 1 rings (SSSR count). The summed E-state index contributed by atoms with van der Waals surface area (Å²) >= 11 is 0. The molecule has 1 amide bonds. The lowest BCUT2D eigenvalue weighted by Crippen LogP contribution is -2.39. The maximum atomic E-state index is 11.7. The molecule has 1 aromatic carbocycles. The Morgan fingerprint density at radius 3 is 2.33 bits per heavy atom. The molecular weight excluding hydrogens is 300 g/mol. The van der Waals surface area contributed by atoms with Crippen molar-refractivity contribution in [1.29, 1.82) is 0 Å². The Hall–Kier alpha value is -2.04. The summed E-state index contributed by atoms with van der Waals surface area (Å²) in [5.41, 5.74) is 2.59. The number of amides is 1. The number of hydrogen-bond acceptors (Lipinski definition) is 2. The maximum Gasteiger partial charge on any atom is 0.222 e. The Bertz CT molecular complexity index is 523. The van der Waals surface area contributed by atoms with E-state index in [4.69, 9.17) is 0 Å². The number of nitrogens with zero attached hydrogens (tertiary/aromatic N) is 2. The zero-order valence-corrected chi connectivity index (χ0v) is 15.7. The normalized spacial score (nSPS) is 11.5. The zero-order chi connectivity index (χ0) is 17.9. The lowest BCUT2D eigenvalue weighted by Gasteiger charge is -2.22. The van der Waals surface area contributed by atoms with E-state index in [1.165, 1.54) is 11.1 Å². The minimum Gasteiger partial charge on any atom is -0.357 e. The molecule has 5 heteroatoms. The summed E-state index contributed by atoms with van der Waals surface area (Å²) < 4.78 is 0. The summed E-state index contributed by atoms with van der Waals surface area (Å²) in [6.07, 6.45) is 1.46. The monoisotopic (exact) mass is 332 g/mol. The van der Waals surface area contributed by atoms with Crippen LogP contribution < -0.4 is 10.6 Å². The molecule has 5 nitrogen and oxygen atoms in total. The van der Waals surface area contributed by atoms with Crippen LogP contribution in [-0.2, 0) is 17.8 Å². The molecule has 0 saturated heterocycles. The van der Waals surface area contributed by atoms with Crippen LogP contribution in [0.5, 0.6) is 0 Å². The van der Waals surface area contributed by atoms with Crippen LogP contribution in [-0.4, -0.2) is 42.9 Å². The van der Waals surface area contributed by atoms with Gasteiger partial charge in [-0.15, -0.1) is 0 Å². The number of carbonyl (C=O) groups is 1. The number of rotatable bonds is 8. The fourth-order valence-corrected chi connectivity index (χ4v) is 2.36. The Kier molecular flexibility index (Phi) is 8.90. The molecule has 0 radical (unpaired) electrons. The highest BCUT2D eigenvalue weighted by atomic mass is 16.1. The number of benzene rings is 1. The maximum absolute atomic E-state index is 11.7. The van der Waals surface area contributed by atoms with Crippen molar-refractivity contribution >= 4 is 11.9 Å². The predicted molar refractivity (Wildman–Crippen MR) is 101 cm³/mol. The van der Waals surface area contributed by atoms with Gasteiger partial charge in [0.2, 0.25) is 5.91 Å². The van der Waals surface area contributed by atoms with Crippen molar-refractivity contribution < 1.29 is 4.79 Å². The van der Waals surface area contributed by atoms with Crippen molar-refractivity contribution in [2.75, 3.05) is 20.1 Å². The molecule has 24 heavy (non-hydrogen) atoms. The molecule has 0 atom stereocenters. The summed E-state index contributed by atoms with van der Waals surface area (Å²) in [5, 5.41) is 6.17. The van der Waals surface area contributed by atoms with Gasteiger partial charge in [0.05, 0.1) is 6.54 Å². The molecular formula is C19H32N4O. The van der Waals surface area contributed by atoms with Gasteiger partial charge in [0.25, 0.3) is 0 Å². The Labute approximate surface area is 146 Å². The Morgan fingerprint density at radius 1 is 1.17 bits per heavy atom. The van der Waals surface area contributed by atoms with Crippen LogP contribution in [0.25, 0.3) is 0 Å². The lowest BCUT2D eigenvalue weighted by atomic mass is 10.1. The van der Waals surface area contributed by atoms with Crippen LogP contribution in [0.2, 0.25) is 0 Å². The fourth-order valence-electron chi connectivity index (χ4n) is 2.36. The van der Waals surface area contributed by atoms with Gasteiger partial charge in [-0.2, -0.15) is 0 Å². The first-order valence-electron chi connectivity index (χ1n) is 8.82. The third-order valence-electron chi connectivity index (χ3n) is 3.60. The molecule has 1 aromatic rings. The van der Waals surface area contributed by atoms with E-state index in [1.807, 2.05) is 27.8 Å². The van der Waals surface area contributed by atoms with Crippen molar-refractivity contribution in [3.63, 3.8) is 0 Å². The highest BCUT2D eigenvalue weighted by molar-refractivity contribution is 5.80. The number of guanidine groups is 1. The van der Waals surface area contributed by atoms with E-state index >= 15 is 0 Å². The van der Waals surface area contributed by atoms with Crippen LogP contribution in [0.4, 0.5) is 0 Å². The zero-order valence-electron chi connectivity index (χ0n) is 15.7. The third kappa shape index (κ3) is 7.49. The topological polar surface area (TPSA) is 56.7 Å². The van der Waals surface area contributed by atoms with Gasteiger partial charge >= 0.3 is 0 Å². The molecule has 134 valence electrons. The number of nitrogens with one attached hydrogen (secondary N) is 2. The number of carbonyl (C=O) groups excluding carboxylic acids is 1. The molecule has 0 spiro atoms. The van der Waals surface area contributed by atoms with Gasteiger partial charge in [-0.05, 0) is 38.3 Å². The van der Waals surface area contributed by atoms with E-state index in [0.717, 1.165) is 25.5 Å². The molecule has 0 bridgehead atoms. The molecule has 0 aliphatic heterocycles. The van der Waals surface area contributed by atoms with Crippen molar-refractivity contribution in [3.05, 3.63) is 35.4 Å². The second-order valence-corrected chi connectivity index (χ2v) is 6.23. The largest absolute Gasteiger partial charge is 0.357 e. The lowest BCUT2D eigenvalue weighted by molar-refractivity contribution is -0.121. The van der Waals surface area contributed by atoms with E-state index in [1.54, 1.807) is 0 Å². The molecule has 0 fully saturated rings. The van der Waals surface area contributed by atoms with Crippen molar-refractivity contribution in [2.24, 2.45) is 4.99 Å². The molecule has 0 heterocycles. The first-order valence-corrected chi connectivity index (χ1v) is 8.82. The second kappa shape index (κ2) is 10.7. The minimum atomic E-state index is 0.0439. The van der Waals surface area contributed by atoms with Crippen LogP contribution in [0, 0.1) is 0 Å². The molecule has 0 aliphatic carbocycles. The number of aryl methyl sites for hydroxylation is 1. The van der Waals surface area contributed by atoms with Gasteiger partial charge in [0.1, 0.15) is 0 Å². The van der Waals surface area contributed by atoms with E-state index in [9.17, 15) is 4.79 Å². The van der Waals surface area contributed by atoms with Gasteiger partial charge in [0, 0.05) is 32.6 Å². The van der Waals surface area contributed by atoms with Crippen LogP contribution in [0.3, 0.4) is 0 Å². The van der Waals surface area contributed by atoms with Gasteiger partial charge in [0.15, 0.2) is 5.96 Å². The summed E-state index contributed by atoms with van der Waals surface area (Å²) in [4.78, 5) is 18.3. The van der Waals surface area contributed by atoms with E-state index < -0.39 is 0 Å². The van der Waals surface area contributed by atoms with Gasteiger partial charge < -0.3 is 15.5 Å². The highest BCUT2D eigenvalue weighted by Crippen LogP contribution is 2.07. The van der Waals surface area contributed by atoms with Crippen LogP contribution in [0.15, 0.2) is 29.3 Å². The quantitative estimate of drug-likeness (QED) is 0.568. The van der Waals surface area contributed by atoms with E-state index in [2.05, 4.69) is 51.7 Å². The smallest absolute Gasteiger partial charge is 0.222 e. The van der Waals surface area contributed by atoms with Crippen LogP contribution >= 0.6 is 0 Å². The summed E-state index contributed by atoms with van der Waals surface area (Å²) in [6, 6.07) is 8.83. The third-order valence-corrected chi connectivity index (χ3v) is 3.60. The number of hydrogen-bond donors (Lipinski definition) is 2. The molecule has 0 aromatic heterocycles. The van der Waals surface area contributed by atoms with Crippen molar-refractivity contribution in [1.82, 2.24) is 15.5 Å². The first kappa shape index (κ1) is 20.0. The number of aliphatic imine (C=N–C) groups is 1. The Morgan fingerprint density at radius 2 is 1.79 bits per heavy atom. The molecule has 0 unspecified atom stereocenters. The van der Waals surface area contributed by atoms with Crippen molar-refractivity contribution in [3.8, 4) is 0 Å². The van der Waals surface area contributed by atoms with E-state index in [-0.39, 0.29) is 11.9 Å². The van der Waals surface area contributed by atoms with Crippen molar-refractivity contribution in [2.45, 2.75) is 53.1 Å². The fraction of sp³-hybridized carbons (Fsp3) is 0.579. The second-order valence-electron chi connectivity index (χ2n) is 6.23. The van der Waals surface area contributed by atoms with Gasteiger partial charge in [-0.1, -0.05) is 31.2 Å². The molecule has 2 N–H and O–H groups in total. The molecule has 0 saturated carbocycles. The summed E-state index contributed by atoms with van der Waals surface area (Å²) in [6.45, 7) is 10.2. The summed E-state index contributed by atoms with van der Waals surface area (Å²) in [5.74, 6) is 0.872. The average Bonchev–Trinajstić information content (AvgIpc) is 2.54. The van der Waals surface area contributed by atoms with E-state index in [0.29, 0.717) is 13.0 Å². The standard InChI is InChI=1S/C19H32N4O/c1-6-16-8-10-17(11-9-16)14-23(5)19(20-7-2)21-13-12-18(24)22-15(3)4/h8-11,15H,6-7,12-14H2,1-5H3,(H,20,21)(H,22,24). The summed E-state index contributed by atoms with van der Waals surface area (Å²) in [7, 11) is 2.02. The first-order chi connectivity index (χ1) is 11.5. The highest BCUT2D eigenvalue weighted by Gasteiger charge is 2.08. The SMILES string of the molecule is CCNC(=NCCC(=O)NC(C)C)N(C)Cc1ccc(CC)cc1. The van der Waals surface area contributed by atoms with Gasteiger partial charge in [-0.25, -0.2) is 0 Å². The Balaban J connectivity index is 2.60. The average molecular weight is 332 g/mol. The minimum absolute atomic E-state index is 0.0439. The predicted octanol–water partition coefficient (Wildman–Crippen LogP) is 2.56. The molecule has 0 aliphatic rings.